The number of methoxy groups -OCH3 is 1. The fourth-order valence-corrected chi connectivity index (χ4v) is 3.93. The van der Waals surface area contributed by atoms with Crippen LogP contribution in [0.25, 0.3) is 4.91 Å². The number of carbonyl (C=O) groups excluding carboxylic acids is 1. The smallest absolute Gasteiger partial charge is 0.265 e. The predicted molar refractivity (Wildman–Crippen MR) is 126 cm³/mol. The van der Waals surface area contributed by atoms with Crippen molar-refractivity contribution in [3.05, 3.63) is 64.3 Å². The van der Waals surface area contributed by atoms with E-state index in [1.807, 2.05) is 25.1 Å². The van der Waals surface area contributed by atoms with E-state index >= 15 is 0 Å². The van der Waals surface area contributed by atoms with Crippen molar-refractivity contribution < 1.29 is 19.4 Å². The SMILES string of the molecule is C/C=C(\SC1=CCN(c2ccc(OCC(C)(C)O)c(OC)c2)C1=O)c1ccc(Cl)cn1. The number of carbonyl (C=O) groups is 1. The quantitative estimate of drug-likeness (QED) is 0.603. The summed E-state index contributed by atoms with van der Waals surface area (Å²) in [7, 11) is 1.54. The van der Waals surface area contributed by atoms with Gasteiger partial charge in [0.25, 0.3) is 5.91 Å². The first-order valence-electron chi connectivity index (χ1n) is 9.73. The monoisotopic (exact) mass is 460 g/mol. The van der Waals surface area contributed by atoms with Gasteiger partial charge in [0.05, 0.1) is 28.3 Å². The number of allylic oxidation sites excluding steroid dienone is 1. The third-order valence-electron chi connectivity index (χ3n) is 4.42. The maximum Gasteiger partial charge on any atom is 0.265 e. The number of thioether (sulfide) groups is 1. The summed E-state index contributed by atoms with van der Waals surface area (Å²) in [6.07, 6.45) is 5.42. The molecule has 1 N–H and O–H groups in total. The van der Waals surface area contributed by atoms with E-state index in [9.17, 15) is 9.90 Å². The number of pyridine rings is 1. The normalized spacial score (nSPS) is 14.6. The molecule has 6 nitrogen and oxygen atoms in total. The highest BCUT2D eigenvalue weighted by atomic mass is 35.5. The Morgan fingerprint density at radius 1 is 1.32 bits per heavy atom. The Bertz CT molecular complexity index is 1010. The maximum atomic E-state index is 13.0. The molecule has 0 spiro atoms. The number of nitrogens with zero attached hydrogens (tertiary/aromatic N) is 2. The van der Waals surface area contributed by atoms with Gasteiger partial charge in [-0.2, -0.15) is 0 Å². The number of benzene rings is 1. The third kappa shape index (κ3) is 5.81. The van der Waals surface area contributed by atoms with Crippen LogP contribution in [0.2, 0.25) is 5.02 Å². The molecule has 0 saturated carbocycles. The summed E-state index contributed by atoms with van der Waals surface area (Å²) in [4.78, 5) is 20.6. The molecule has 0 bridgehead atoms. The van der Waals surface area contributed by atoms with Gasteiger partial charge in [0.15, 0.2) is 11.5 Å². The number of hydrogen-bond acceptors (Lipinski definition) is 6. The van der Waals surface area contributed by atoms with Gasteiger partial charge < -0.3 is 19.5 Å². The number of anilines is 1. The molecule has 0 saturated heterocycles. The molecular weight excluding hydrogens is 436 g/mol. The third-order valence-corrected chi connectivity index (χ3v) is 5.87. The Morgan fingerprint density at radius 3 is 2.71 bits per heavy atom. The van der Waals surface area contributed by atoms with Gasteiger partial charge in [0, 0.05) is 29.4 Å². The topological polar surface area (TPSA) is 71.9 Å². The van der Waals surface area contributed by atoms with Crippen LogP contribution in [-0.4, -0.2) is 41.9 Å². The Morgan fingerprint density at radius 2 is 2.10 bits per heavy atom. The highest BCUT2D eigenvalue weighted by molar-refractivity contribution is 8.12. The molecule has 0 atom stereocenters. The summed E-state index contributed by atoms with van der Waals surface area (Å²) < 4.78 is 11.1. The van der Waals surface area contributed by atoms with Gasteiger partial charge in [-0.3, -0.25) is 9.78 Å². The van der Waals surface area contributed by atoms with Crippen molar-refractivity contribution in [3.63, 3.8) is 0 Å². The summed E-state index contributed by atoms with van der Waals surface area (Å²) in [5.74, 6) is 0.910. The molecule has 2 aromatic rings. The van der Waals surface area contributed by atoms with E-state index < -0.39 is 5.60 Å². The lowest BCUT2D eigenvalue weighted by molar-refractivity contribution is -0.113. The van der Waals surface area contributed by atoms with Crippen molar-refractivity contribution in [2.75, 3.05) is 25.2 Å². The van der Waals surface area contributed by atoms with Crippen molar-refractivity contribution in [1.29, 1.82) is 0 Å². The zero-order valence-electron chi connectivity index (χ0n) is 17.9. The van der Waals surface area contributed by atoms with Gasteiger partial charge in [-0.25, -0.2) is 0 Å². The number of hydrogen-bond donors (Lipinski definition) is 1. The van der Waals surface area contributed by atoms with E-state index in [1.54, 1.807) is 56.3 Å². The van der Waals surface area contributed by atoms with Crippen LogP contribution in [0.15, 0.2) is 53.6 Å². The van der Waals surface area contributed by atoms with Gasteiger partial charge in [0.1, 0.15) is 6.61 Å². The molecule has 3 rings (SSSR count). The van der Waals surface area contributed by atoms with Crippen molar-refractivity contribution >= 4 is 39.9 Å². The van der Waals surface area contributed by atoms with E-state index in [1.165, 1.54) is 11.8 Å². The molecular formula is C23H25ClN2O4S. The van der Waals surface area contributed by atoms with Gasteiger partial charge >= 0.3 is 0 Å². The van der Waals surface area contributed by atoms with E-state index in [0.717, 1.165) is 10.6 Å². The van der Waals surface area contributed by atoms with Crippen molar-refractivity contribution in [2.45, 2.75) is 26.4 Å². The highest BCUT2D eigenvalue weighted by Gasteiger charge is 2.27. The summed E-state index contributed by atoms with van der Waals surface area (Å²) in [5.41, 5.74) is 0.503. The van der Waals surface area contributed by atoms with Crippen molar-refractivity contribution in [3.8, 4) is 11.5 Å². The maximum absolute atomic E-state index is 13.0. The van der Waals surface area contributed by atoms with Gasteiger partial charge in [-0.1, -0.05) is 29.4 Å². The molecule has 0 fully saturated rings. The van der Waals surface area contributed by atoms with Gasteiger partial charge in [-0.15, -0.1) is 0 Å². The minimum atomic E-state index is -0.964. The molecule has 1 aromatic carbocycles. The van der Waals surface area contributed by atoms with Crippen LogP contribution in [0, 0.1) is 0 Å². The average Bonchev–Trinajstić information content (AvgIpc) is 3.10. The zero-order chi connectivity index (χ0) is 22.6. The molecule has 0 aliphatic carbocycles. The van der Waals surface area contributed by atoms with Crippen LogP contribution in [0.5, 0.6) is 11.5 Å². The zero-order valence-corrected chi connectivity index (χ0v) is 19.5. The van der Waals surface area contributed by atoms with E-state index in [4.69, 9.17) is 21.1 Å². The second kappa shape index (κ2) is 9.77. The van der Waals surface area contributed by atoms with Crippen LogP contribution in [-0.2, 0) is 4.79 Å². The van der Waals surface area contributed by atoms with E-state index in [0.29, 0.717) is 33.7 Å². The van der Waals surface area contributed by atoms with Crippen molar-refractivity contribution in [1.82, 2.24) is 4.98 Å². The molecule has 0 radical (unpaired) electrons. The lowest BCUT2D eigenvalue weighted by Gasteiger charge is -2.21. The second-order valence-electron chi connectivity index (χ2n) is 7.54. The van der Waals surface area contributed by atoms with E-state index in [-0.39, 0.29) is 12.5 Å². The number of aliphatic hydroxyl groups is 1. The Labute approximate surface area is 191 Å². The van der Waals surface area contributed by atoms with Gasteiger partial charge in [0.2, 0.25) is 0 Å². The minimum absolute atomic E-state index is 0.0921. The Hall–Kier alpha value is -2.48. The van der Waals surface area contributed by atoms with Crippen LogP contribution >= 0.6 is 23.4 Å². The highest BCUT2D eigenvalue weighted by Crippen LogP contribution is 2.39. The number of amides is 1. The average molecular weight is 461 g/mol. The first-order chi connectivity index (χ1) is 14.7. The van der Waals surface area contributed by atoms with Crippen LogP contribution in [0.3, 0.4) is 0 Å². The molecule has 164 valence electrons. The number of rotatable bonds is 8. The second-order valence-corrected chi connectivity index (χ2v) is 9.06. The largest absolute Gasteiger partial charge is 0.493 e. The first kappa shape index (κ1) is 23.2. The number of aromatic nitrogens is 1. The van der Waals surface area contributed by atoms with Crippen molar-refractivity contribution in [2.24, 2.45) is 0 Å². The molecule has 0 unspecified atom stereocenters. The lowest BCUT2D eigenvalue weighted by Crippen LogP contribution is -2.28. The molecule has 31 heavy (non-hydrogen) atoms. The van der Waals surface area contributed by atoms with Gasteiger partial charge in [-0.05, 0) is 51.1 Å². The number of ether oxygens (including phenoxy) is 2. The van der Waals surface area contributed by atoms with Crippen LogP contribution < -0.4 is 14.4 Å². The summed E-state index contributed by atoms with van der Waals surface area (Å²) >= 11 is 7.31. The van der Waals surface area contributed by atoms with E-state index in [2.05, 4.69) is 4.98 Å². The molecule has 1 aliphatic heterocycles. The fraction of sp³-hybridized carbons (Fsp3) is 0.304. The molecule has 1 aliphatic rings. The molecule has 1 aromatic heterocycles. The minimum Gasteiger partial charge on any atom is -0.493 e. The lowest BCUT2D eigenvalue weighted by atomic mass is 10.2. The number of halogens is 1. The first-order valence-corrected chi connectivity index (χ1v) is 10.9. The Balaban J connectivity index is 1.73. The van der Waals surface area contributed by atoms with Crippen LogP contribution in [0.4, 0.5) is 5.69 Å². The Kier molecular flexibility index (Phi) is 7.30. The summed E-state index contributed by atoms with van der Waals surface area (Å²) in [6.45, 7) is 5.83. The molecule has 1 amide bonds. The predicted octanol–water partition coefficient (Wildman–Crippen LogP) is 4.92. The fourth-order valence-electron chi connectivity index (χ4n) is 2.88. The molecule has 8 heteroatoms. The standard InChI is InChI=1S/C23H25ClN2O4S/c1-5-20(17-8-6-15(24)13-25-17)31-21-10-11-26(22(21)27)16-7-9-18(19(12-16)29-4)30-14-23(2,3)28/h5-10,12-13,28H,11,14H2,1-4H3/b20-5-. The summed E-state index contributed by atoms with van der Waals surface area (Å²) in [6, 6.07) is 8.92. The molecule has 2 heterocycles. The summed E-state index contributed by atoms with van der Waals surface area (Å²) in [5, 5.41) is 10.4. The van der Waals surface area contributed by atoms with Crippen LogP contribution in [0.1, 0.15) is 26.5 Å².